The summed E-state index contributed by atoms with van der Waals surface area (Å²) in [5, 5.41) is 107. The second-order valence-electron chi connectivity index (χ2n) is 33.9. The normalized spacial score (nSPS) is 44.4. The third-order valence-electron chi connectivity index (χ3n) is 29.6. The Kier molecular flexibility index (Phi) is 14.9. The molecule has 11 bridgehead atoms. The minimum atomic E-state index is -2.39. The Balaban J connectivity index is 0.762. The lowest BCUT2D eigenvalue weighted by molar-refractivity contribution is -0.392. The first-order valence-electron chi connectivity index (χ1n) is 36.7. The second-order valence-corrected chi connectivity index (χ2v) is 36.5. The molecule has 15 nitrogen and oxygen atoms in total. The average molecular weight is 1360 g/mol. The van der Waals surface area contributed by atoms with Crippen molar-refractivity contribution in [1.82, 2.24) is 10.6 Å². The molecule has 3 aliphatic heterocycles. The van der Waals surface area contributed by atoms with Crippen molar-refractivity contribution in [2.24, 2.45) is 79.8 Å². The van der Waals surface area contributed by atoms with Crippen LogP contribution in [0.15, 0.2) is 125 Å². The van der Waals surface area contributed by atoms with Gasteiger partial charge in [0.25, 0.3) is 0 Å². The molecule has 3 aromatic carbocycles. The Hall–Kier alpha value is -5.21. The molecular formula is C80H94N2O13S2. The maximum atomic E-state index is 16.9. The number of aromatic hydroxyl groups is 1. The standard InChI is InChI=1S/C80H94N2O13S2/c83-38-47-10-5-8-45(24-47)26-49-30-61(87)79-62-17-21-76(92)20-2-1-11-52(76)15-16-56(49)65(79)66(88)57-13-7-14-60(64(57)68(79)89)94-70-69(90)80(93)67-51(34-77(43-85,95-70)71(80)91)28-50-29-53-36-73(42-78(53,67)59-31-63(81-37-58(50)59)82-44-96-97-62)40-72(35-54(73)39-84)22-23-75(41-72)33-48(32-74(75)18-3-4-19-74)25-46-9-6-12-55(86)27-46/h5-10,12-16,24,27,30-31,39,48,50-54,62,65,67,69-71,81-83,85-87,90-93H,1-4,11,17-23,25-26,28-29,32-38,40-44H2/b16-15-/t48-,50-,51-,52+,53+,54+,62+,65+,67+,69-,70+,71+,72-,73-,75+,76+,77+,78+,79-,80+/m0/s1. The number of allylic oxidation sites excluding steroid dienone is 7. The summed E-state index contributed by atoms with van der Waals surface area (Å²) < 4.78 is 14.0. The Morgan fingerprint density at radius 3 is 2.40 bits per heavy atom. The van der Waals surface area contributed by atoms with Gasteiger partial charge in [-0.25, -0.2) is 0 Å². The number of ether oxygens (including phenoxy) is 2. The van der Waals surface area contributed by atoms with Crippen molar-refractivity contribution in [3.63, 3.8) is 0 Å². The molecule has 97 heavy (non-hydrogen) atoms. The number of Topliss-reactive ketones (excluding diaryl/α,β-unsaturated/α-hetero) is 2. The highest BCUT2D eigenvalue weighted by Gasteiger charge is 2.80. The molecular weight excluding hydrogens is 1260 g/mol. The summed E-state index contributed by atoms with van der Waals surface area (Å²) in [6.45, 7) is -0.385. The van der Waals surface area contributed by atoms with E-state index >= 15 is 9.59 Å². The molecule has 514 valence electrons. The Bertz CT molecular complexity index is 3970. The highest BCUT2D eigenvalue weighted by Crippen LogP contribution is 2.82. The summed E-state index contributed by atoms with van der Waals surface area (Å²) in [5.74, 6) is -2.38. The molecule has 0 amide bonds. The summed E-state index contributed by atoms with van der Waals surface area (Å²) >= 11 is 0. The Morgan fingerprint density at radius 1 is 0.773 bits per heavy atom. The fourth-order valence-electron chi connectivity index (χ4n) is 26.3. The third kappa shape index (κ3) is 9.01. The number of hydrogen-bond donors (Lipinski definition) is 10. The SMILES string of the molecule is O=C[C@H]1C[C@@]2(CC[C@@]3(C[C@@H](Cc4cccc(O)c4)CC34CCCC4)C2)C[C@]12C[C@H]1C[C@@H]3C[C@H]4C[C@]5(CO)O[C@H]6Oc7cccc8c7C(=O)[C@@]79C(O)=CC(Cc%10cccc(CO)c%10)=C(/C=C\[C@H]%10CCCC[C@@]%10(O)CC[C@H]7SSCNC7=CC(=C3CN7)[C@]1(C2)[C@@H]4[C@](O)([C@@H]5O)[C@H]6O)[C@@H]9C8=O. The van der Waals surface area contributed by atoms with Crippen molar-refractivity contribution in [3.05, 3.63) is 153 Å². The zero-order chi connectivity index (χ0) is 66.4. The number of hydrogen-bond acceptors (Lipinski definition) is 17. The van der Waals surface area contributed by atoms with Crippen molar-refractivity contribution in [1.29, 1.82) is 0 Å². The topological polar surface area (TPSA) is 256 Å². The first kappa shape index (κ1) is 63.9. The minimum Gasteiger partial charge on any atom is -0.511 e. The monoisotopic (exact) mass is 1350 g/mol. The lowest BCUT2D eigenvalue weighted by atomic mass is 9.46. The molecule has 1 saturated heterocycles. The highest BCUT2D eigenvalue weighted by molar-refractivity contribution is 8.76. The zero-order valence-electron chi connectivity index (χ0n) is 55.4. The van der Waals surface area contributed by atoms with E-state index in [1.165, 1.54) is 71.1 Å². The molecule has 3 heterocycles. The largest absolute Gasteiger partial charge is 0.511 e. The molecule has 0 aromatic heterocycles. The fourth-order valence-corrected chi connectivity index (χ4v) is 29.1. The average Bonchev–Trinajstić information content (AvgIpc) is 1.55. The number of phenols is 1. The van der Waals surface area contributed by atoms with Crippen LogP contribution in [-0.2, 0) is 29.0 Å². The van der Waals surface area contributed by atoms with E-state index in [2.05, 4.69) is 22.8 Å². The molecule has 9 fully saturated rings. The van der Waals surface area contributed by atoms with E-state index < -0.39 is 86.8 Å². The van der Waals surface area contributed by atoms with Crippen LogP contribution in [-0.4, -0.2) is 118 Å². The number of ketones is 2. The summed E-state index contributed by atoms with van der Waals surface area (Å²) in [6.07, 6.45) is 23.6. The molecule has 6 spiro atoms. The quantitative estimate of drug-likeness (QED) is 0.0779. The summed E-state index contributed by atoms with van der Waals surface area (Å²) in [7, 11) is 2.93. The number of benzene rings is 3. The predicted octanol–water partition coefficient (Wildman–Crippen LogP) is 11.5. The van der Waals surface area contributed by atoms with Gasteiger partial charge in [0.1, 0.15) is 52.4 Å². The lowest BCUT2D eigenvalue weighted by Crippen LogP contribution is -2.81. The molecule has 17 heteroatoms. The van der Waals surface area contributed by atoms with Crippen LogP contribution in [0.5, 0.6) is 11.5 Å². The van der Waals surface area contributed by atoms with Gasteiger partial charge < -0.3 is 65.8 Å². The van der Waals surface area contributed by atoms with Crippen LogP contribution in [0.2, 0.25) is 0 Å². The van der Waals surface area contributed by atoms with Crippen LogP contribution >= 0.6 is 21.6 Å². The van der Waals surface area contributed by atoms with E-state index in [-0.39, 0.29) is 94.3 Å². The van der Waals surface area contributed by atoms with Crippen molar-refractivity contribution < 1.29 is 64.7 Å². The number of carbonyl (C=O) groups is 3. The maximum absolute atomic E-state index is 16.9. The lowest BCUT2D eigenvalue weighted by Gasteiger charge is -2.65. The van der Waals surface area contributed by atoms with Crippen molar-refractivity contribution in [3.8, 4) is 11.5 Å². The molecule has 0 unspecified atom stereocenters. The number of aliphatic hydroxyl groups is 7. The first-order valence-corrected chi connectivity index (χ1v) is 39.1. The molecule has 20 atom stereocenters. The van der Waals surface area contributed by atoms with E-state index in [4.69, 9.17) is 9.47 Å². The van der Waals surface area contributed by atoms with Gasteiger partial charge in [0.15, 0.2) is 11.6 Å². The summed E-state index contributed by atoms with van der Waals surface area (Å²) in [5.41, 5.74) is -2.10. The van der Waals surface area contributed by atoms with Gasteiger partial charge in [-0.3, -0.25) is 9.59 Å². The maximum Gasteiger partial charge on any atom is 0.229 e. The number of rotatable bonds is 7. The van der Waals surface area contributed by atoms with Gasteiger partial charge in [0, 0.05) is 40.5 Å². The first-order chi connectivity index (χ1) is 46.8. The van der Waals surface area contributed by atoms with Crippen LogP contribution in [0.25, 0.3) is 0 Å². The van der Waals surface area contributed by atoms with Crippen LogP contribution in [0.4, 0.5) is 0 Å². The van der Waals surface area contributed by atoms with Gasteiger partial charge >= 0.3 is 0 Å². The van der Waals surface area contributed by atoms with Gasteiger partial charge in [-0.05, 0) is 243 Å². The van der Waals surface area contributed by atoms with Crippen molar-refractivity contribution in [2.75, 3.05) is 19.0 Å². The molecule has 8 saturated carbocycles. The van der Waals surface area contributed by atoms with E-state index in [9.17, 15) is 45.6 Å². The van der Waals surface area contributed by atoms with Gasteiger partial charge in [-0.15, -0.1) is 0 Å². The minimum absolute atomic E-state index is 0.0479. The summed E-state index contributed by atoms with van der Waals surface area (Å²) in [6, 6.07) is 20.2. The van der Waals surface area contributed by atoms with Gasteiger partial charge in [-0.1, -0.05) is 108 Å². The van der Waals surface area contributed by atoms with Crippen LogP contribution < -0.4 is 15.4 Å². The number of dihydropyridines is 1. The fraction of sp³-hybridized carbons (Fsp3) is 0.613. The zero-order valence-corrected chi connectivity index (χ0v) is 57.0. The molecule has 3 aromatic rings. The smallest absolute Gasteiger partial charge is 0.229 e. The van der Waals surface area contributed by atoms with E-state index in [0.29, 0.717) is 66.5 Å². The molecule has 10 N–H and O–H groups in total. The van der Waals surface area contributed by atoms with E-state index in [1.807, 2.05) is 48.6 Å². The van der Waals surface area contributed by atoms with Crippen LogP contribution in [0, 0.1) is 79.8 Å². The Labute approximate surface area is 575 Å². The van der Waals surface area contributed by atoms with E-state index in [1.54, 1.807) is 30.3 Å². The predicted molar refractivity (Wildman–Crippen MR) is 367 cm³/mol. The number of phenolic OH excluding ortho intramolecular Hbond substituents is 1. The van der Waals surface area contributed by atoms with Gasteiger partial charge in [0.2, 0.25) is 6.29 Å². The van der Waals surface area contributed by atoms with E-state index in [0.717, 1.165) is 94.0 Å². The number of carbonyl (C=O) groups excluding carboxylic acids is 3. The summed E-state index contributed by atoms with van der Waals surface area (Å²) in [4.78, 5) is 47.7. The van der Waals surface area contributed by atoms with Crippen LogP contribution in [0.3, 0.4) is 0 Å². The molecule has 16 aliphatic rings. The number of aliphatic hydroxyl groups excluding tert-OH is 5. The Morgan fingerprint density at radius 2 is 1.58 bits per heavy atom. The third-order valence-corrected chi connectivity index (χ3v) is 32.3. The second kappa shape index (κ2) is 22.6. The van der Waals surface area contributed by atoms with Crippen molar-refractivity contribution in [2.45, 2.75) is 201 Å². The number of aldehydes is 1. The van der Waals surface area contributed by atoms with Gasteiger partial charge in [-0.2, -0.15) is 0 Å². The number of fused-ring (bicyclic) bond motifs is 4. The van der Waals surface area contributed by atoms with Crippen molar-refractivity contribution >= 4 is 39.4 Å². The van der Waals surface area contributed by atoms with Gasteiger partial charge in [0.05, 0.1) is 42.0 Å². The number of nitrogens with one attached hydrogen (secondary N) is 2. The van der Waals surface area contributed by atoms with Crippen LogP contribution in [0.1, 0.15) is 179 Å². The molecule has 19 rings (SSSR count). The molecule has 0 radical (unpaired) electrons. The molecule has 13 aliphatic carbocycles. The highest BCUT2D eigenvalue weighted by atomic mass is 33.1.